The number of hydrogen-bond acceptors (Lipinski definition) is 2. The van der Waals surface area contributed by atoms with Crippen molar-refractivity contribution in [3.63, 3.8) is 0 Å². The van der Waals surface area contributed by atoms with E-state index in [-0.39, 0.29) is 0 Å². The van der Waals surface area contributed by atoms with Gasteiger partial charge in [-0.1, -0.05) is 11.6 Å². The molecule has 0 unspecified atom stereocenters. The number of hydrogen-bond donors (Lipinski definition) is 0. The molecule has 0 spiro atoms. The van der Waals surface area contributed by atoms with Crippen LogP contribution < -0.4 is 0 Å². The minimum atomic E-state index is 0.710. The zero-order valence-corrected chi connectivity index (χ0v) is 10.7. The predicted octanol–water partition coefficient (Wildman–Crippen LogP) is 3.77. The number of fused-ring (bicyclic) bond motifs is 1. The maximum Gasteiger partial charge on any atom is 0.0923 e. The normalized spacial score (nSPS) is 11.0. The third kappa shape index (κ3) is 1.87. The number of halogens is 1. The zero-order valence-electron chi connectivity index (χ0n) is 9.97. The van der Waals surface area contributed by atoms with Crippen LogP contribution in [0.1, 0.15) is 6.92 Å². The van der Waals surface area contributed by atoms with Crippen LogP contribution in [-0.2, 0) is 6.54 Å². The Bertz CT molecular complexity index is 703. The third-order valence-corrected chi connectivity index (χ3v) is 3.28. The van der Waals surface area contributed by atoms with Crippen LogP contribution in [0.5, 0.6) is 0 Å². The summed E-state index contributed by atoms with van der Waals surface area (Å²) in [6, 6.07) is 7.99. The van der Waals surface area contributed by atoms with Crippen LogP contribution in [0.3, 0.4) is 0 Å². The Kier molecular flexibility index (Phi) is 2.76. The highest BCUT2D eigenvalue weighted by atomic mass is 35.5. The van der Waals surface area contributed by atoms with E-state index in [1.807, 2.05) is 29.1 Å². The first-order valence-electron chi connectivity index (χ1n) is 5.85. The fourth-order valence-corrected chi connectivity index (χ4v) is 2.27. The van der Waals surface area contributed by atoms with Gasteiger partial charge in [0.05, 0.1) is 10.7 Å². The Morgan fingerprint density at radius 1 is 1.28 bits per heavy atom. The molecule has 2 aromatic heterocycles. The van der Waals surface area contributed by atoms with Gasteiger partial charge in [0.1, 0.15) is 0 Å². The van der Waals surface area contributed by atoms with Crippen molar-refractivity contribution in [2.24, 2.45) is 0 Å². The molecule has 90 valence electrons. The predicted molar refractivity (Wildman–Crippen MR) is 73.6 cm³/mol. The fraction of sp³-hybridized carbons (Fsp3) is 0.143. The van der Waals surface area contributed by atoms with E-state index >= 15 is 0 Å². The van der Waals surface area contributed by atoms with Gasteiger partial charge in [-0.25, -0.2) is 0 Å². The molecular formula is C14H12ClN3. The van der Waals surface area contributed by atoms with Gasteiger partial charge in [0, 0.05) is 36.1 Å². The van der Waals surface area contributed by atoms with Gasteiger partial charge in [0.15, 0.2) is 0 Å². The van der Waals surface area contributed by atoms with E-state index in [0.717, 1.165) is 28.6 Å². The number of aromatic nitrogens is 3. The first-order chi connectivity index (χ1) is 8.78. The average Bonchev–Trinajstić information content (AvgIpc) is 2.87. The van der Waals surface area contributed by atoms with Crippen molar-refractivity contribution < 1.29 is 0 Å². The number of rotatable bonds is 2. The van der Waals surface area contributed by atoms with Crippen LogP contribution in [0.15, 0.2) is 42.9 Å². The Balaban J connectivity index is 2.18. The molecule has 0 N–H and O–H groups in total. The van der Waals surface area contributed by atoms with E-state index in [1.165, 1.54) is 0 Å². The van der Waals surface area contributed by atoms with E-state index in [0.29, 0.717) is 5.02 Å². The van der Waals surface area contributed by atoms with Gasteiger partial charge in [-0.15, -0.1) is 0 Å². The summed E-state index contributed by atoms with van der Waals surface area (Å²) in [5, 5.41) is 7.25. The summed E-state index contributed by atoms with van der Waals surface area (Å²) in [7, 11) is 0. The fourth-order valence-electron chi connectivity index (χ4n) is 1.99. The van der Waals surface area contributed by atoms with E-state index in [9.17, 15) is 0 Å². The lowest BCUT2D eigenvalue weighted by Gasteiger charge is -2.03. The molecule has 18 heavy (non-hydrogen) atoms. The molecule has 4 heteroatoms. The first-order valence-corrected chi connectivity index (χ1v) is 6.23. The van der Waals surface area contributed by atoms with Gasteiger partial charge < -0.3 is 0 Å². The van der Waals surface area contributed by atoms with Crippen LogP contribution in [-0.4, -0.2) is 14.8 Å². The standard InChI is InChI=1S/C14H12ClN3/c1-2-18-6-4-14(17-18)11-7-10-3-5-16-9-12(10)13(15)8-11/h3-9H,2H2,1H3. The Labute approximate surface area is 110 Å². The lowest BCUT2D eigenvalue weighted by Crippen LogP contribution is -1.94. The molecule has 0 fully saturated rings. The maximum atomic E-state index is 6.28. The van der Waals surface area contributed by atoms with Gasteiger partial charge >= 0.3 is 0 Å². The van der Waals surface area contributed by atoms with Crippen LogP contribution >= 0.6 is 11.6 Å². The summed E-state index contributed by atoms with van der Waals surface area (Å²) in [5.74, 6) is 0. The molecule has 0 aliphatic carbocycles. The van der Waals surface area contributed by atoms with Gasteiger partial charge in [-0.3, -0.25) is 9.67 Å². The molecule has 0 saturated carbocycles. The van der Waals surface area contributed by atoms with Crippen molar-refractivity contribution in [3.8, 4) is 11.3 Å². The van der Waals surface area contributed by atoms with Crippen molar-refractivity contribution in [1.29, 1.82) is 0 Å². The van der Waals surface area contributed by atoms with Crippen LogP contribution in [0.25, 0.3) is 22.0 Å². The van der Waals surface area contributed by atoms with Crippen molar-refractivity contribution in [1.82, 2.24) is 14.8 Å². The Morgan fingerprint density at radius 2 is 2.17 bits per heavy atom. The summed E-state index contributed by atoms with van der Waals surface area (Å²) in [4.78, 5) is 4.09. The smallest absolute Gasteiger partial charge is 0.0923 e. The molecule has 0 bridgehead atoms. The molecular weight excluding hydrogens is 246 g/mol. The van der Waals surface area contributed by atoms with Crippen LogP contribution in [0, 0.1) is 0 Å². The zero-order chi connectivity index (χ0) is 12.5. The molecule has 0 saturated heterocycles. The van der Waals surface area contributed by atoms with Gasteiger partial charge in [-0.2, -0.15) is 5.10 Å². The van der Waals surface area contributed by atoms with E-state index in [4.69, 9.17) is 11.6 Å². The summed E-state index contributed by atoms with van der Waals surface area (Å²) in [6.07, 6.45) is 5.53. The summed E-state index contributed by atoms with van der Waals surface area (Å²) in [6.45, 7) is 2.93. The minimum absolute atomic E-state index is 0.710. The molecule has 2 heterocycles. The van der Waals surface area contributed by atoms with Crippen molar-refractivity contribution in [2.45, 2.75) is 13.5 Å². The topological polar surface area (TPSA) is 30.7 Å². The minimum Gasteiger partial charge on any atom is -0.272 e. The van der Waals surface area contributed by atoms with E-state index < -0.39 is 0 Å². The molecule has 3 rings (SSSR count). The average molecular weight is 258 g/mol. The van der Waals surface area contributed by atoms with Gasteiger partial charge in [0.25, 0.3) is 0 Å². The molecule has 0 aliphatic heterocycles. The quantitative estimate of drug-likeness (QED) is 0.700. The monoisotopic (exact) mass is 257 g/mol. The molecule has 3 aromatic rings. The number of aryl methyl sites for hydroxylation is 1. The molecule has 0 atom stereocenters. The highest BCUT2D eigenvalue weighted by Crippen LogP contribution is 2.29. The van der Waals surface area contributed by atoms with Crippen molar-refractivity contribution in [3.05, 3.63) is 47.9 Å². The largest absolute Gasteiger partial charge is 0.272 e. The molecule has 0 amide bonds. The summed E-state index contributed by atoms with van der Waals surface area (Å²) < 4.78 is 1.90. The molecule has 0 radical (unpaired) electrons. The lowest BCUT2D eigenvalue weighted by atomic mass is 10.1. The molecule has 3 nitrogen and oxygen atoms in total. The SMILES string of the molecule is CCn1ccc(-c2cc(Cl)c3cnccc3c2)n1. The summed E-state index contributed by atoms with van der Waals surface area (Å²) in [5.41, 5.74) is 1.98. The first kappa shape index (κ1) is 11.2. The number of pyridine rings is 1. The second-order valence-corrected chi connectivity index (χ2v) is 4.52. The van der Waals surface area contributed by atoms with Crippen LogP contribution in [0.4, 0.5) is 0 Å². The summed E-state index contributed by atoms with van der Waals surface area (Å²) >= 11 is 6.28. The highest BCUT2D eigenvalue weighted by Gasteiger charge is 2.06. The molecule has 0 aliphatic rings. The van der Waals surface area contributed by atoms with Gasteiger partial charge in [-0.05, 0) is 36.6 Å². The third-order valence-electron chi connectivity index (χ3n) is 2.97. The molecule has 1 aromatic carbocycles. The van der Waals surface area contributed by atoms with E-state index in [1.54, 1.807) is 12.4 Å². The van der Waals surface area contributed by atoms with Crippen molar-refractivity contribution in [2.75, 3.05) is 0 Å². The van der Waals surface area contributed by atoms with Crippen LogP contribution in [0.2, 0.25) is 5.02 Å². The highest BCUT2D eigenvalue weighted by molar-refractivity contribution is 6.35. The number of nitrogens with zero attached hydrogens (tertiary/aromatic N) is 3. The number of benzene rings is 1. The Hall–Kier alpha value is -1.87. The lowest BCUT2D eigenvalue weighted by molar-refractivity contribution is 0.662. The second kappa shape index (κ2) is 4.42. The second-order valence-electron chi connectivity index (χ2n) is 4.11. The van der Waals surface area contributed by atoms with E-state index in [2.05, 4.69) is 23.1 Å². The Morgan fingerprint density at radius 3 is 2.94 bits per heavy atom. The van der Waals surface area contributed by atoms with Crippen molar-refractivity contribution >= 4 is 22.4 Å². The maximum absolute atomic E-state index is 6.28. The van der Waals surface area contributed by atoms with Gasteiger partial charge in [0.2, 0.25) is 0 Å².